The second-order valence-corrected chi connectivity index (χ2v) is 3.66. The molecule has 0 saturated heterocycles. The molecule has 0 aliphatic carbocycles. The fourth-order valence-corrected chi connectivity index (χ4v) is 1.56. The van der Waals surface area contributed by atoms with Crippen molar-refractivity contribution >= 4 is 5.69 Å². The highest BCUT2D eigenvalue weighted by atomic mass is 19.1. The molecule has 0 atom stereocenters. The van der Waals surface area contributed by atoms with Crippen molar-refractivity contribution in [3.63, 3.8) is 0 Å². The minimum atomic E-state index is -0.406. The van der Waals surface area contributed by atoms with Crippen LogP contribution in [0.25, 0.3) is 11.4 Å². The van der Waals surface area contributed by atoms with E-state index in [-0.39, 0.29) is 5.56 Å². The van der Waals surface area contributed by atoms with Gasteiger partial charge < -0.3 is 10.5 Å². The lowest BCUT2D eigenvalue weighted by molar-refractivity contribution is 0.136. The number of halogens is 1. The van der Waals surface area contributed by atoms with Crippen molar-refractivity contribution in [2.75, 3.05) is 18.9 Å². The maximum Gasteiger partial charge on any atom is 0.185 e. The zero-order chi connectivity index (χ0) is 13.0. The van der Waals surface area contributed by atoms with Crippen LogP contribution in [0.4, 0.5) is 10.1 Å². The Morgan fingerprint density at radius 1 is 1.44 bits per heavy atom. The molecule has 0 aliphatic rings. The van der Waals surface area contributed by atoms with Gasteiger partial charge in [-0.25, -0.2) is 9.07 Å². The summed E-state index contributed by atoms with van der Waals surface area (Å²) in [5.74, 6) is -0.0591. The number of anilines is 1. The average Bonchev–Trinajstić information content (AvgIpc) is 2.81. The van der Waals surface area contributed by atoms with Crippen LogP contribution in [0.1, 0.15) is 6.92 Å². The molecule has 1 aromatic carbocycles. The fourth-order valence-electron chi connectivity index (χ4n) is 1.56. The third-order valence-corrected chi connectivity index (χ3v) is 2.41. The molecule has 0 saturated carbocycles. The first kappa shape index (κ1) is 12.4. The molecule has 0 unspecified atom stereocenters. The Morgan fingerprint density at radius 2 is 2.28 bits per heavy atom. The summed E-state index contributed by atoms with van der Waals surface area (Å²) in [7, 11) is 0. The van der Waals surface area contributed by atoms with Crippen LogP contribution in [0.15, 0.2) is 18.2 Å². The van der Waals surface area contributed by atoms with E-state index in [9.17, 15) is 4.39 Å². The van der Waals surface area contributed by atoms with Gasteiger partial charge >= 0.3 is 0 Å². The van der Waals surface area contributed by atoms with Gasteiger partial charge in [0.15, 0.2) is 5.82 Å². The SMILES string of the molecule is CCOCCn1nnnc1-c1cc(N)ccc1F. The molecule has 18 heavy (non-hydrogen) atoms. The molecule has 0 aliphatic heterocycles. The highest BCUT2D eigenvalue weighted by Gasteiger charge is 2.13. The maximum atomic E-state index is 13.7. The summed E-state index contributed by atoms with van der Waals surface area (Å²) in [5, 5.41) is 11.2. The van der Waals surface area contributed by atoms with Crippen LogP contribution in [0.3, 0.4) is 0 Å². The third-order valence-electron chi connectivity index (χ3n) is 2.41. The summed E-state index contributed by atoms with van der Waals surface area (Å²) in [6.45, 7) is 3.45. The lowest BCUT2D eigenvalue weighted by atomic mass is 10.2. The third kappa shape index (κ3) is 2.62. The number of hydrogen-bond donors (Lipinski definition) is 1. The van der Waals surface area contributed by atoms with Gasteiger partial charge in [0.1, 0.15) is 5.82 Å². The lowest BCUT2D eigenvalue weighted by Crippen LogP contribution is -2.09. The second-order valence-electron chi connectivity index (χ2n) is 3.66. The molecule has 2 rings (SSSR count). The molecule has 96 valence electrons. The average molecular weight is 251 g/mol. The number of nitrogens with zero attached hydrogens (tertiary/aromatic N) is 4. The van der Waals surface area contributed by atoms with E-state index in [1.54, 1.807) is 0 Å². The molecule has 0 fully saturated rings. The van der Waals surface area contributed by atoms with Crippen molar-refractivity contribution in [1.29, 1.82) is 0 Å². The van der Waals surface area contributed by atoms with Crippen LogP contribution < -0.4 is 5.73 Å². The summed E-state index contributed by atoms with van der Waals surface area (Å²) >= 11 is 0. The van der Waals surface area contributed by atoms with Gasteiger partial charge in [-0.15, -0.1) is 5.10 Å². The molecule has 0 spiro atoms. The van der Waals surface area contributed by atoms with Gasteiger partial charge in [-0.05, 0) is 35.5 Å². The van der Waals surface area contributed by atoms with Gasteiger partial charge in [0.25, 0.3) is 0 Å². The summed E-state index contributed by atoms with van der Waals surface area (Å²) in [6, 6.07) is 4.30. The van der Waals surface area contributed by atoms with Crippen LogP contribution in [-0.4, -0.2) is 33.4 Å². The number of nitrogen functional groups attached to an aromatic ring is 1. The number of nitrogens with two attached hydrogens (primary N) is 1. The molecule has 1 aromatic heterocycles. The molecule has 0 radical (unpaired) electrons. The van der Waals surface area contributed by atoms with E-state index in [1.807, 2.05) is 6.92 Å². The Labute approximate surface area is 104 Å². The Hall–Kier alpha value is -2.02. The van der Waals surface area contributed by atoms with Crippen molar-refractivity contribution < 1.29 is 9.13 Å². The summed E-state index contributed by atoms with van der Waals surface area (Å²) in [6.07, 6.45) is 0. The molecular formula is C11H14FN5O. The molecule has 0 bridgehead atoms. The first-order valence-electron chi connectivity index (χ1n) is 5.61. The number of aromatic nitrogens is 4. The monoisotopic (exact) mass is 251 g/mol. The Kier molecular flexibility index (Phi) is 3.83. The standard InChI is InChI=1S/C11H14FN5O/c1-2-18-6-5-17-11(14-15-16-17)9-7-8(13)3-4-10(9)12/h3-4,7H,2,5-6,13H2,1H3. The normalized spacial score (nSPS) is 10.8. The van der Waals surface area contributed by atoms with E-state index in [0.29, 0.717) is 31.3 Å². The molecule has 7 heteroatoms. The van der Waals surface area contributed by atoms with E-state index in [1.165, 1.54) is 22.9 Å². The van der Waals surface area contributed by atoms with Gasteiger partial charge in [0.05, 0.1) is 18.7 Å². The topological polar surface area (TPSA) is 78.8 Å². The number of ether oxygens (including phenoxy) is 1. The largest absolute Gasteiger partial charge is 0.399 e. The molecule has 6 nitrogen and oxygen atoms in total. The first-order chi connectivity index (χ1) is 8.72. The number of tetrazole rings is 1. The van der Waals surface area contributed by atoms with Gasteiger partial charge in [-0.1, -0.05) is 0 Å². The van der Waals surface area contributed by atoms with Gasteiger partial charge in [-0.3, -0.25) is 0 Å². The molecule has 2 N–H and O–H groups in total. The predicted octanol–water partition coefficient (Wildman–Crippen LogP) is 1.10. The minimum Gasteiger partial charge on any atom is -0.399 e. The highest BCUT2D eigenvalue weighted by Crippen LogP contribution is 2.22. The summed E-state index contributed by atoms with van der Waals surface area (Å²) in [5.41, 5.74) is 6.39. The molecular weight excluding hydrogens is 237 g/mol. The van der Waals surface area contributed by atoms with Crippen LogP contribution in [0.5, 0.6) is 0 Å². The van der Waals surface area contributed by atoms with Crippen molar-refractivity contribution in [3.05, 3.63) is 24.0 Å². The van der Waals surface area contributed by atoms with E-state index < -0.39 is 5.82 Å². The minimum absolute atomic E-state index is 0.288. The fraction of sp³-hybridized carbons (Fsp3) is 0.364. The smallest absolute Gasteiger partial charge is 0.185 e. The van der Waals surface area contributed by atoms with Crippen molar-refractivity contribution in [3.8, 4) is 11.4 Å². The first-order valence-corrected chi connectivity index (χ1v) is 5.61. The molecule has 2 aromatic rings. The second kappa shape index (κ2) is 5.54. The number of hydrogen-bond acceptors (Lipinski definition) is 5. The quantitative estimate of drug-likeness (QED) is 0.636. The van der Waals surface area contributed by atoms with Crippen molar-refractivity contribution in [1.82, 2.24) is 20.2 Å². The van der Waals surface area contributed by atoms with Crippen LogP contribution in [-0.2, 0) is 11.3 Å². The van der Waals surface area contributed by atoms with Crippen LogP contribution >= 0.6 is 0 Å². The van der Waals surface area contributed by atoms with E-state index in [2.05, 4.69) is 15.5 Å². The Bertz CT molecular complexity index is 528. The van der Waals surface area contributed by atoms with Gasteiger partial charge in [0.2, 0.25) is 0 Å². The highest BCUT2D eigenvalue weighted by molar-refractivity contribution is 5.61. The predicted molar refractivity (Wildman–Crippen MR) is 64.1 cm³/mol. The van der Waals surface area contributed by atoms with Crippen LogP contribution in [0.2, 0.25) is 0 Å². The van der Waals surface area contributed by atoms with E-state index in [0.717, 1.165) is 0 Å². The molecule has 0 amide bonds. The van der Waals surface area contributed by atoms with E-state index >= 15 is 0 Å². The lowest BCUT2D eigenvalue weighted by Gasteiger charge is -2.06. The zero-order valence-electron chi connectivity index (χ0n) is 10.0. The summed E-state index contributed by atoms with van der Waals surface area (Å²) in [4.78, 5) is 0. The van der Waals surface area contributed by atoms with E-state index in [4.69, 9.17) is 10.5 Å². The van der Waals surface area contributed by atoms with Gasteiger partial charge in [-0.2, -0.15) is 0 Å². The summed E-state index contributed by atoms with van der Waals surface area (Å²) < 4.78 is 20.4. The van der Waals surface area contributed by atoms with Crippen molar-refractivity contribution in [2.24, 2.45) is 0 Å². The van der Waals surface area contributed by atoms with Gasteiger partial charge in [0, 0.05) is 12.3 Å². The van der Waals surface area contributed by atoms with Crippen molar-refractivity contribution in [2.45, 2.75) is 13.5 Å². The molecule has 1 heterocycles. The Balaban J connectivity index is 2.27. The maximum absolute atomic E-state index is 13.7. The zero-order valence-corrected chi connectivity index (χ0v) is 10.0. The van der Waals surface area contributed by atoms with Crippen LogP contribution in [0, 0.1) is 5.82 Å². The number of benzene rings is 1. The Morgan fingerprint density at radius 3 is 3.06 bits per heavy atom. The number of rotatable bonds is 5.